The predicted octanol–water partition coefficient (Wildman–Crippen LogP) is 2.68. The van der Waals surface area contributed by atoms with Crippen LogP contribution in [-0.2, 0) is 10.1 Å². The van der Waals surface area contributed by atoms with Crippen molar-refractivity contribution < 1.29 is 13.0 Å². The lowest BCUT2D eigenvalue weighted by Crippen LogP contribution is -1.96. The van der Waals surface area contributed by atoms with Crippen LogP contribution in [0, 0.1) is 6.92 Å². The average Bonchev–Trinajstić information content (AvgIpc) is 2.04. The molecule has 1 aromatic carbocycles. The third kappa shape index (κ3) is 5.56. The Hall–Kier alpha value is -0.140. The highest BCUT2D eigenvalue weighted by atomic mass is 125. The van der Waals surface area contributed by atoms with E-state index in [0.717, 1.165) is 5.56 Å². The minimum atomic E-state index is -4.02. The minimum absolute atomic E-state index is 0.0666. The Morgan fingerprint density at radius 1 is 1.29 bits per heavy atom. The molecule has 0 radical (unpaired) electrons. The van der Waals surface area contributed by atoms with Gasteiger partial charge in [0.15, 0.2) is 0 Å². The highest BCUT2D eigenvalue weighted by molar-refractivity contribution is 14.1. The molecule has 0 saturated heterocycles. The van der Waals surface area contributed by atoms with Crippen molar-refractivity contribution in [1.82, 2.24) is 0 Å². The van der Waals surface area contributed by atoms with Gasteiger partial charge in [0.1, 0.15) is 0 Å². The summed E-state index contributed by atoms with van der Waals surface area (Å²) < 4.78 is 30.8. The van der Waals surface area contributed by atoms with E-state index in [2.05, 4.69) is 29.5 Å². The molecule has 1 rings (SSSR count). The van der Waals surface area contributed by atoms with Gasteiger partial charge in [-0.25, -0.2) is 0 Å². The number of benzene rings is 1. The number of hydrogen-bond acceptors (Lipinski definition) is 2. The van der Waals surface area contributed by atoms with Gasteiger partial charge in [0.25, 0.3) is 10.1 Å². The van der Waals surface area contributed by atoms with Crippen molar-refractivity contribution in [2.45, 2.75) is 18.7 Å². The molecule has 0 bridgehead atoms. The summed E-state index contributed by atoms with van der Waals surface area (Å²) in [5.74, 6) is 0. The van der Waals surface area contributed by atoms with E-state index >= 15 is 0 Å². The number of rotatable bonds is 1. The normalized spacial score (nSPS) is 10.3. The number of hydrogen-bond donors (Lipinski definition) is 1. The zero-order valence-corrected chi connectivity index (χ0v) is 11.0. The van der Waals surface area contributed by atoms with E-state index in [0.29, 0.717) is 0 Å². The van der Waals surface area contributed by atoms with Crippen molar-refractivity contribution in [3.63, 3.8) is 0 Å². The van der Waals surface area contributed by atoms with Gasteiger partial charge in [-0.1, -0.05) is 47.2 Å². The fourth-order valence-corrected chi connectivity index (χ4v) is 1.19. The van der Waals surface area contributed by atoms with Crippen LogP contribution >= 0.6 is 22.6 Å². The Labute approximate surface area is 98.4 Å². The smallest absolute Gasteiger partial charge is 0.282 e. The molecular formula is C9H13IO3S. The summed E-state index contributed by atoms with van der Waals surface area (Å²) in [6.45, 7) is 3.95. The average molecular weight is 326 g/mol. The SMILES string of the molecule is CC[125I].Cc1ccc(S(=O)(=O)O)cc1. The topological polar surface area (TPSA) is 54.4 Å². The quantitative estimate of drug-likeness (QED) is 0.490. The first-order valence-electron chi connectivity index (χ1n) is 4.02. The second-order valence-corrected chi connectivity index (χ2v) is 5.50. The fraction of sp³-hybridized carbons (Fsp3) is 0.333. The number of alkyl halides is 1. The van der Waals surface area contributed by atoms with Crippen molar-refractivity contribution in [3.8, 4) is 0 Å². The lowest BCUT2D eigenvalue weighted by Gasteiger charge is -1.95. The molecule has 0 atom stereocenters. The number of aryl methyl sites for hydroxylation is 1. The largest absolute Gasteiger partial charge is 0.294 e. The van der Waals surface area contributed by atoms with Gasteiger partial charge in [-0.2, -0.15) is 8.42 Å². The lowest BCUT2D eigenvalue weighted by molar-refractivity contribution is 0.483. The van der Waals surface area contributed by atoms with Gasteiger partial charge in [0.2, 0.25) is 0 Å². The van der Waals surface area contributed by atoms with E-state index in [-0.39, 0.29) is 4.90 Å². The first-order valence-corrected chi connectivity index (χ1v) is 6.98. The van der Waals surface area contributed by atoms with E-state index in [9.17, 15) is 8.42 Å². The summed E-state index contributed by atoms with van der Waals surface area (Å²) in [4.78, 5) is -0.0666. The van der Waals surface area contributed by atoms with Gasteiger partial charge < -0.3 is 0 Å². The monoisotopic (exact) mass is 326 g/mol. The van der Waals surface area contributed by atoms with Crippen molar-refractivity contribution in [2.24, 2.45) is 0 Å². The Balaban J connectivity index is 0.000000500. The Bertz CT molecular complexity index is 356. The van der Waals surface area contributed by atoms with Crippen molar-refractivity contribution in [1.29, 1.82) is 0 Å². The molecular weight excluding hydrogens is 313 g/mol. The van der Waals surface area contributed by atoms with Crippen LogP contribution in [0.25, 0.3) is 0 Å². The van der Waals surface area contributed by atoms with Gasteiger partial charge >= 0.3 is 0 Å². The van der Waals surface area contributed by atoms with Crippen LogP contribution in [0.5, 0.6) is 0 Å². The molecule has 0 saturated carbocycles. The van der Waals surface area contributed by atoms with Gasteiger partial charge in [-0.3, -0.25) is 4.55 Å². The van der Waals surface area contributed by atoms with Gasteiger partial charge in [0.05, 0.1) is 4.90 Å². The third-order valence-corrected chi connectivity index (χ3v) is 2.19. The summed E-state index contributed by atoms with van der Waals surface area (Å²) in [6.07, 6.45) is 0. The van der Waals surface area contributed by atoms with Crippen LogP contribution in [-0.4, -0.2) is 17.4 Å². The maximum absolute atomic E-state index is 10.5. The van der Waals surface area contributed by atoms with Crippen molar-refractivity contribution >= 4 is 32.7 Å². The van der Waals surface area contributed by atoms with Crippen molar-refractivity contribution in [3.05, 3.63) is 29.8 Å². The highest BCUT2D eigenvalue weighted by Crippen LogP contribution is 2.08. The Kier molecular flexibility index (Phi) is 6.30. The maximum atomic E-state index is 10.5. The van der Waals surface area contributed by atoms with Crippen LogP contribution in [0.4, 0.5) is 0 Å². The van der Waals surface area contributed by atoms with Gasteiger partial charge in [-0.15, -0.1) is 0 Å². The predicted molar refractivity (Wildman–Crippen MR) is 65.6 cm³/mol. The molecule has 80 valence electrons. The van der Waals surface area contributed by atoms with E-state index in [1.165, 1.54) is 16.6 Å². The van der Waals surface area contributed by atoms with E-state index in [1.54, 1.807) is 12.1 Å². The lowest BCUT2D eigenvalue weighted by atomic mass is 10.2. The molecule has 0 aliphatic rings. The molecule has 3 nitrogen and oxygen atoms in total. The van der Waals surface area contributed by atoms with Crippen LogP contribution < -0.4 is 0 Å². The zero-order chi connectivity index (χ0) is 11.2. The third-order valence-electron chi connectivity index (χ3n) is 1.32. The van der Waals surface area contributed by atoms with Crippen LogP contribution in [0.2, 0.25) is 0 Å². The number of halogens is 1. The highest BCUT2D eigenvalue weighted by Gasteiger charge is 2.06. The maximum Gasteiger partial charge on any atom is 0.294 e. The molecule has 0 aliphatic heterocycles. The van der Waals surface area contributed by atoms with Gasteiger partial charge in [0, 0.05) is 0 Å². The summed E-state index contributed by atoms with van der Waals surface area (Å²) in [6, 6.07) is 5.99. The molecule has 0 aliphatic carbocycles. The second kappa shape index (κ2) is 6.36. The molecule has 0 aromatic heterocycles. The second-order valence-electron chi connectivity index (χ2n) is 2.56. The summed E-state index contributed by atoms with van der Waals surface area (Å²) >= 11 is 2.29. The first-order chi connectivity index (χ1) is 6.41. The van der Waals surface area contributed by atoms with Crippen LogP contribution in [0.15, 0.2) is 29.2 Å². The molecule has 14 heavy (non-hydrogen) atoms. The van der Waals surface area contributed by atoms with Gasteiger partial charge in [-0.05, 0) is 23.5 Å². The molecule has 5 heteroatoms. The molecule has 0 fully saturated rings. The molecule has 0 amide bonds. The fourth-order valence-electron chi connectivity index (χ4n) is 0.710. The molecule has 1 aromatic rings. The summed E-state index contributed by atoms with van der Waals surface area (Å²) in [7, 11) is -4.02. The molecule has 0 spiro atoms. The summed E-state index contributed by atoms with van der Waals surface area (Å²) in [5.41, 5.74) is 0.956. The molecule has 1 N–H and O–H groups in total. The van der Waals surface area contributed by atoms with E-state index in [1.807, 2.05) is 6.92 Å². The van der Waals surface area contributed by atoms with Crippen LogP contribution in [0.1, 0.15) is 12.5 Å². The minimum Gasteiger partial charge on any atom is -0.282 e. The Morgan fingerprint density at radius 3 is 1.93 bits per heavy atom. The molecule has 0 heterocycles. The first kappa shape index (κ1) is 13.9. The molecule has 0 unspecified atom stereocenters. The van der Waals surface area contributed by atoms with Crippen molar-refractivity contribution in [2.75, 3.05) is 4.43 Å². The van der Waals surface area contributed by atoms with Crippen LogP contribution in [0.3, 0.4) is 0 Å². The summed E-state index contributed by atoms with van der Waals surface area (Å²) in [5, 5.41) is 0. The zero-order valence-electron chi connectivity index (χ0n) is 8.07. The standard InChI is InChI=1S/C7H8O3S.C2H5I/c1-6-2-4-7(5-3-6)11(8,9)10;1-2-3/h2-5H,1H3,(H,8,9,10);2H2,1H3/i;3-2. The van der Waals surface area contributed by atoms with E-state index in [4.69, 9.17) is 4.55 Å². The Morgan fingerprint density at radius 2 is 1.64 bits per heavy atom. The van der Waals surface area contributed by atoms with E-state index < -0.39 is 10.1 Å².